The molecule has 33 heavy (non-hydrogen) atoms. The van der Waals surface area contributed by atoms with Gasteiger partial charge >= 0.3 is 5.51 Å². The van der Waals surface area contributed by atoms with E-state index < -0.39 is 5.51 Å². The minimum atomic E-state index is -4.35. The molecule has 0 saturated carbocycles. The fourth-order valence-corrected chi connectivity index (χ4v) is 5.29. The van der Waals surface area contributed by atoms with Gasteiger partial charge < -0.3 is 20.1 Å². The molecule has 2 N–H and O–H groups in total. The van der Waals surface area contributed by atoms with E-state index in [9.17, 15) is 13.2 Å². The van der Waals surface area contributed by atoms with E-state index in [-0.39, 0.29) is 22.7 Å². The summed E-state index contributed by atoms with van der Waals surface area (Å²) in [6, 6.07) is 15.0. The first kappa shape index (κ1) is 28.2. The average molecular weight is 521 g/mol. The molecule has 0 radical (unpaired) electrons. The fraction of sp³-hybridized carbons (Fsp3) is 0.478. The fourth-order valence-electron chi connectivity index (χ4n) is 3.33. The molecule has 3 rings (SSSR count). The Balaban J connectivity index is 0.00000187. The number of thiol groups is 1. The molecule has 1 aliphatic heterocycles. The van der Waals surface area contributed by atoms with E-state index in [1.807, 2.05) is 18.2 Å². The summed E-state index contributed by atoms with van der Waals surface area (Å²) in [5.74, 6) is 0.757. The molecule has 1 heterocycles. The van der Waals surface area contributed by atoms with Crippen LogP contribution in [0.15, 0.2) is 63.2 Å². The Labute approximate surface area is 208 Å². The third-order valence-electron chi connectivity index (χ3n) is 4.85. The molecular weight excluding hydrogens is 489 g/mol. The number of benzene rings is 2. The van der Waals surface area contributed by atoms with Gasteiger partial charge in [-0.25, -0.2) is 0 Å². The van der Waals surface area contributed by atoms with Crippen molar-refractivity contribution in [3.63, 3.8) is 0 Å². The zero-order valence-corrected chi connectivity index (χ0v) is 21.1. The van der Waals surface area contributed by atoms with Crippen molar-refractivity contribution in [2.75, 3.05) is 51.0 Å². The molecule has 0 aliphatic carbocycles. The van der Waals surface area contributed by atoms with Crippen molar-refractivity contribution in [3.8, 4) is 0 Å². The largest absolute Gasteiger partial charge is 0.446 e. The number of anilines is 1. The highest BCUT2D eigenvalue weighted by atomic mass is 32.2. The first-order chi connectivity index (χ1) is 15.9. The van der Waals surface area contributed by atoms with Crippen molar-refractivity contribution in [2.24, 2.45) is 0 Å². The van der Waals surface area contributed by atoms with Crippen LogP contribution in [-0.2, 0) is 4.74 Å². The van der Waals surface area contributed by atoms with Crippen molar-refractivity contribution in [1.82, 2.24) is 4.90 Å². The van der Waals surface area contributed by atoms with Gasteiger partial charge in [0.15, 0.2) is 0 Å². The Hall–Kier alpha value is -1.04. The van der Waals surface area contributed by atoms with Crippen molar-refractivity contribution < 1.29 is 23.0 Å². The predicted octanol–water partition coefficient (Wildman–Crippen LogP) is 5.88. The topological polar surface area (TPSA) is 44.7 Å². The van der Waals surface area contributed by atoms with Gasteiger partial charge in [-0.15, -0.1) is 24.4 Å². The van der Waals surface area contributed by atoms with Gasteiger partial charge in [-0.2, -0.15) is 13.2 Å². The Morgan fingerprint density at radius 2 is 1.88 bits per heavy atom. The molecular formula is C23H31F3N2O2S3. The minimum absolute atomic E-state index is 0.0210. The van der Waals surface area contributed by atoms with Crippen LogP contribution in [0.5, 0.6) is 0 Å². The number of aliphatic hydroxyl groups is 1. The summed E-state index contributed by atoms with van der Waals surface area (Å²) in [5.41, 5.74) is -3.85. The Kier molecular flexibility index (Phi) is 12.9. The molecule has 1 fully saturated rings. The maximum absolute atomic E-state index is 13.1. The smallest absolute Gasteiger partial charge is 0.400 e. The lowest BCUT2D eigenvalue weighted by Gasteiger charge is -2.26. The van der Waals surface area contributed by atoms with Crippen molar-refractivity contribution in [1.29, 1.82) is 0 Å². The molecule has 0 bridgehead atoms. The van der Waals surface area contributed by atoms with E-state index in [0.29, 0.717) is 10.6 Å². The number of hydrogen-bond donors (Lipinski definition) is 3. The number of nitrogens with zero attached hydrogens (tertiary/aromatic N) is 1. The van der Waals surface area contributed by atoms with Gasteiger partial charge in [-0.1, -0.05) is 18.2 Å². The van der Waals surface area contributed by atoms with Gasteiger partial charge in [-0.05, 0) is 54.9 Å². The third-order valence-corrected chi connectivity index (χ3v) is 7.10. The molecule has 0 amide bonds. The van der Waals surface area contributed by atoms with Crippen molar-refractivity contribution >= 4 is 41.8 Å². The van der Waals surface area contributed by atoms with E-state index in [1.165, 1.54) is 6.07 Å². The number of alkyl halides is 3. The lowest BCUT2D eigenvalue weighted by Crippen LogP contribution is -2.33. The molecule has 1 atom stereocenters. The number of thioether (sulfide) groups is 2. The second-order valence-corrected chi connectivity index (χ2v) is 10.0. The number of ether oxygens (including phenoxy) is 1. The number of aliphatic hydroxyl groups excluding tert-OH is 1. The van der Waals surface area contributed by atoms with E-state index in [2.05, 4.69) is 35.0 Å². The van der Waals surface area contributed by atoms with Crippen LogP contribution in [-0.4, -0.2) is 67.3 Å². The van der Waals surface area contributed by atoms with Gasteiger partial charge in [-0.3, -0.25) is 0 Å². The second-order valence-electron chi connectivity index (χ2n) is 7.29. The summed E-state index contributed by atoms with van der Waals surface area (Å²) in [4.78, 5) is 4.18. The summed E-state index contributed by atoms with van der Waals surface area (Å²) < 4.78 is 44.8. The molecule has 2 aromatic carbocycles. The molecule has 1 saturated heterocycles. The van der Waals surface area contributed by atoms with Crippen LogP contribution in [0.25, 0.3) is 0 Å². The summed E-state index contributed by atoms with van der Waals surface area (Å²) in [6.45, 7) is 4.27. The lowest BCUT2D eigenvalue weighted by molar-refractivity contribution is -0.0328. The quantitative estimate of drug-likeness (QED) is 0.284. The van der Waals surface area contributed by atoms with Crippen LogP contribution in [0.3, 0.4) is 0 Å². The zero-order chi connectivity index (χ0) is 24.1. The molecule has 2 aromatic rings. The van der Waals surface area contributed by atoms with Gasteiger partial charge in [0, 0.05) is 65.5 Å². The maximum atomic E-state index is 13.1. The first-order valence-corrected chi connectivity index (χ1v) is 12.9. The molecule has 1 unspecified atom stereocenters. The van der Waals surface area contributed by atoms with Gasteiger partial charge in [0.2, 0.25) is 0 Å². The summed E-state index contributed by atoms with van der Waals surface area (Å²) in [7, 11) is 1.00. The predicted molar refractivity (Wildman–Crippen MR) is 135 cm³/mol. The van der Waals surface area contributed by atoms with E-state index in [0.717, 1.165) is 63.4 Å². The summed E-state index contributed by atoms with van der Waals surface area (Å²) >= 11 is 5.83. The van der Waals surface area contributed by atoms with Crippen LogP contribution in [0.4, 0.5) is 18.9 Å². The summed E-state index contributed by atoms with van der Waals surface area (Å²) in [5, 5.41) is 10.4. The van der Waals surface area contributed by atoms with Gasteiger partial charge in [0.25, 0.3) is 0 Å². The number of rotatable bonds is 9. The van der Waals surface area contributed by atoms with E-state index >= 15 is 0 Å². The average Bonchev–Trinajstić information content (AvgIpc) is 3.07. The number of halogens is 3. The molecule has 4 nitrogen and oxygen atoms in total. The van der Waals surface area contributed by atoms with Crippen molar-refractivity contribution in [3.05, 3.63) is 48.5 Å². The monoisotopic (exact) mass is 520 g/mol. The highest BCUT2D eigenvalue weighted by Gasteiger charge is 2.31. The third kappa shape index (κ3) is 11.3. The standard InChI is InChI=1S/C22H27F3N2OS3.CH4O/c23-22(24,25)31-21-15-18(29)7-8-20(21)26-17(16-30-19-5-2-1-3-6-19)9-11-27-10-4-13-28-14-12-27;1-2/h1-3,5-8,15,17,26,29H,4,9-14,16H2;2H,1H3. The van der Waals surface area contributed by atoms with E-state index in [1.54, 1.807) is 23.9 Å². The zero-order valence-electron chi connectivity index (χ0n) is 18.6. The molecule has 1 aliphatic rings. The molecule has 0 spiro atoms. The van der Waals surface area contributed by atoms with Crippen LogP contribution in [0.2, 0.25) is 0 Å². The lowest BCUT2D eigenvalue weighted by atomic mass is 10.2. The SMILES string of the molecule is CO.FC(F)(F)Sc1cc(S)ccc1NC(CCN1CCCOCC1)CSc1ccccc1. The first-order valence-electron chi connectivity index (χ1n) is 10.7. The van der Waals surface area contributed by atoms with E-state index in [4.69, 9.17) is 9.84 Å². The number of nitrogens with one attached hydrogen (secondary N) is 1. The molecule has 0 aromatic heterocycles. The Morgan fingerprint density at radius 1 is 1.12 bits per heavy atom. The normalized spacial score (nSPS) is 15.8. The Morgan fingerprint density at radius 3 is 2.61 bits per heavy atom. The summed E-state index contributed by atoms with van der Waals surface area (Å²) in [6.07, 6.45) is 1.84. The molecule has 184 valence electrons. The number of hydrogen-bond acceptors (Lipinski definition) is 7. The highest BCUT2D eigenvalue weighted by Crippen LogP contribution is 2.41. The minimum Gasteiger partial charge on any atom is -0.400 e. The van der Waals surface area contributed by atoms with Crippen molar-refractivity contribution in [2.45, 2.75) is 39.1 Å². The maximum Gasteiger partial charge on any atom is 0.446 e. The van der Waals surface area contributed by atoms with Crippen LogP contribution in [0, 0.1) is 0 Å². The second kappa shape index (κ2) is 15.1. The molecule has 10 heteroatoms. The van der Waals surface area contributed by atoms with Gasteiger partial charge in [0.05, 0.1) is 6.61 Å². The Bertz CT molecular complexity index is 805. The van der Waals surface area contributed by atoms with Crippen LogP contribution in [0.1, 0.15) is 12.8 Å². The van der Waals surface area contributed by atoms with Crippen LogP contribution >= 0.6 is 36.2 Å². The van der Waals surface area contributed by atoms with Crippen LogP contribution < -0.4 is 5.32 Å². The highest BCUT2D eigenvalue weighted by molar-refractivity contribution is 8.00. The van der Waals surface area contributed by atoms with Gasteiger partial charge in [0.1, 0.15) is 0 Å².